The van der Waals surface area contributed by atoms with Crippen molar-refractivity contribution in [3.8, 4) is 5.88 Å². The van der Waals surface area contributed by atoms with Crippen LogP contribution in [0, 0.1) is 0 Å². The van der Waals surface area contributed by atoms with Gasteiger partial charge in [0.2, 0.25) is 5.88 Å². The number of aromatic nitrogens is 2. The molecule has 3 heterocycles. The largest absolute Gasteiger partial charge is 0.470 e. The Morgan fingerprint density at radius 3 is 2.77 bits per heavy atom. The lowest BCUT2D eigenvalue weighted by Crippen LogP contribution is -2.35. The van der Waals surface area contributed by atoms with Gasteiger partial charge in [-0.2, -0.15) is 0 Å². The topological polar surface area (TPSA) is 76.6 Å². The van der Waals surface area contributed by atoms with Crippen LogP contribution in [0.5, 0.6) is 5.88 Å². The molecule has 7 nitrogen and oxygen atoms in total. The summed E-state index contributed by atoms with van der Waals surface area (Å²) >= 11 is 1.42. The molecule has 1 aliphatic heterocycles. The van der Waals surface area contributed by atoms with Crippen LogP contribution in [0.3, 0.4) is 0 Å². The number of hydrogen-bond acceptors (Lipinski definition) is 7. The highest BCUT2D eigenvalue weighted by Crippen LogP contribution is 2.21. The van der Waals surface area contributed by atoms with E-state index in [4.69, 9.17) is 9.47 Å². The van der Waals surface area contributed by atoms with Crippen LogP contribution in [0.15, 0.2) is 54.0 Å². The molecule has 0 saturated carbocycles. The van der Waals surface area contributed by atoms with Gasteiger partial charge in [-0.1, -0.05) is 30.3 Å². The van der Waals surface area contributed by atoms with Crippen LogP contribution in [0.25, 0.3) is 0 Å². The fourth-order valence-corrected chi connectivity index (χ4v) is 3.85. The average molecular weight is 425 g/mol. The molecule has 0 spiro atoms. The second-order valence-corrected chi connectivity index (χ2v) is 7.90. The van der Waals surface area contributed by atoms with E-state index in [-0.39, 0.29) is 12.0 Å². The lowest BCUT2D eigenvalue weighted by Gasteiger charge is -2.25. The molecule has 30 heavy (non-hydrogen) atoms. The molecule has 1 saturated heterocycles. The van der Waals surface area contributed by atoms with Crippen molar-refractivity contribution in [2.24, 2.45) is 0 Å². The van der Waals surface area contributed by atoms with Crippen LogP contribution in [-0.2, 0) is 11.3 Å². The molecular formula is C22H24N4O3S. The number of carbonyl (C=O) groups is 1. The second kappa shape index (κ2) is 9.80. The van der Waals surface area contributed by atoms with Gasteiger partial charge in [-0.15, -0.1) is 11.3 Å². The molecule has 1 fully saturated rings. The SMILES string of the molecule is C[C@@H](Oc1ccc(C(=O)Nc2nc(CN3CCOCC3)cs2)cn1)c1ccccc1. The summed E-state index contributed by atoms with van der Waals surface area (Å²) in [6.07, 6.45) is 1.39. The molecule has 0 unspecified atom stereocenters. The van der Waals surface area contributed by atoms with Crippen molar-refractivity contribution in [1.29, 1.82) is 0 Å². The van der Waals surface area contributed by atoms with Gasteiger partial charge in [-0.25, -0.2) is 9.97 Å². The Morgan fingerprint density at radius 1 is 1.23 bits per heavy atom. The number of anilines is 1. The van der Waals surface area contributed by atoms with Gasteiger partial charge in [0.25, 0.3) is 5.91 Å². The van der Waals surface area contributed by atoms with Crippen LogP contribution in [0.4, 0.5) is 5.13 Å². The van der Waals surface area contributed by atoms with Crippen LogP contribution >= 0.6 is 11.3 Å². The lowest BCUT2D eigenvalue weighted by atomic mass is 10.1. The quantitative estimate of drug-likeness (QED) is 0.622. The van der Waals surface area contributed by atoms with Gasteiger partial charge < -0.3 is 9.47 Å². The Balaban J connectivity index is 1.31. The van der Waals surface area contributed by atoms with Crippen molar-refractivity contribution in [2.75, 3.05) is 31.6 Å². The summed E-state index contributed by atoms with van der Waals surface area (Å²) in [6.45, 7) is 6.05. The highest BCUT2D eigenvalue weighted by molar-refractivity contribution is 7.13. The Kier molecular flexibility index (Phi) is 6.68. The summed E-state index contributed by atoms with van der Waals surface area (Å²) < 4.78 is 11.2. The van der Waals surface area contributed by atoms with Crippen LogP contribution in [0.2, 0.25) is 0 Å². The van der Waals surface area contributed by atoms with E-state index < -0.39 is 0 Å². The molecule has 0 radical (unpaired) electrons. The molecule has 2 aromatic heterocycles. The van der Waals surface area contributed by atoms with Crippen molar-refractivity contribution >= 4 is 22.4 Å². The van der Waals surface area contributed by atoms with Crippen molar-refractivity contribution in [3.63, 3.8) is 0 Å². The number of nitrogens with one attached hydrogen (secondary N) is 1. The number of rotatable bonds is 7. The maximum absolute atomic E-state index is 12.5. The van der Waals surface area contributed by atoms with Crippen LogP contribution < -0.4 is 10.1 Å². The number of amides is 1. The summed E-state index contributed by atoms with van der Waals surface area (Å²) in [5.74, 6) is 0.238. The number of hydrogen-bond donors (Lipinski definition) is 1. The molecule has 1 aliphatic rings. The van der Waals surface area contributed by atoms with E-state index >= 15 is 0 Å². The Morgan fingerprint density at radius 2 is 2.03 bits per heavy atom. The van der Waals surface area contributed by atoms with Crippen molar-refractivity contribution in [2.45, 2.75) is 19.6 Å². The van der Waals surface area contributed by atoms with Gasteiger partial charge in [0, 0.05) is 37.3 Å². The van der Waals surface area contributed by atoms with E-state index in [1.165, 1.54) is 17.5 Å². The first kappa shape index (κ1) is 20.5. The zero-order valence-electron chi connectivity index (χ0n) is 16.8. The summed E-state index contributed by atoms with van der Waals surface area (Å²) in [7, 11) is 0. The highest BCUT2D eigenvalue weighted by Gasteiger charge is 2.15. The Labute approximate surface area is 179 Å². The fourth-order valence-electron chi connectivity index (χ4n) is 3.15. The molecular weight excluding hydrogens is 400 g/mol. The first-order valence-electron chi connectivity index (χ1n) is 9.91. The fraction of sp³-hybridized carbons (Fsp3) is 0.318. The van der Waals surface area contributed by atoms with Gasteiger partial charge in [0.15, 0.2) is 5.13 Å². The zero-order chi connectivity index (χ0) is 20.8. The Hall–Kier alpha value is -2.81. The molecule has 156 valence electrons. The standard InChI is InChI=1S/C22H24N4O3S/c1-16(17-5-3-2-4-6-17)29-20-8-7-18(13-23-20)21(27)25-22-24-19(15-30-22)14-26-9-11-28-12-10-26/h2-8,13,15-16H,9-12,14H2,1H3,(H,24,25,27)/t16-/m1/s1. The van der Waals surface area contributed by atoms with Gasteiger partial charge in [-0.05, 0) is 18.6 Å². The van der Waals surface area contributed by atoms with Gasteiger partial charge in [-0.3, -0.25) is 15.0 Å². The van der Waals surface area contributed by atoms with Crippen LogP contribution in [0.1, 0.15) is 34.6 Å². The predicted octanol–water partition coefficient (Wildman–Crippen LogP) is 3.76. The van der Waals surface area contributed by atoms with E-state index in [0.717, 1.165) is 44.1 Å². The van der Waals surface area contributed by atoms with Crippen molar-refractivity contribution in [3.05, 3.63) is 70.9 Å². The zero-order valence-corrected chi connectivity index (χ0v) is 17.6. The number of nitrogens with zero attached hydrogens (tertiary/aromatic N) is 3. The molecule has 1 N–H and O–H groups in total. The third kappa shape index (κ3) is 5.41. The third-order valence-electron chi connectivity index (χ3n) is 4.83. The van der Waals surface area contributed by atoms with E-state index in [2.05, 4.69) is 20.2 Å². The summed E-state index contributed by atoms with van der Waals surface area (Å²) in [5.41, 5.74) is 2.48. The molecule has 0 aliphatic carbocycles. The molecule has 1 aromatic carbocycles. The maximum atomic E-state index is 12.5. The average Bonchev–Trinajstić information content (AvgIpc) is 3.22. The molecule has 3 aromatic rings. The number of ether oxygens (including phenoxy) is 2. The van der Waals surface area contributed by atoms with Crippen molar-refractivity contribution < 1.29 is 14.3 Å². The summed E-state index contributed by atoms with van der Waals surface area (Å²) in [6, 6.07) is 13.3. The third-order valence-corrected chi connectivity index (χ3v) is 5.63. The maximum Gasteiger partial charge on any atom is 0.259 e. The number of benzene rings is 1. The van der Waals surface area contributed by atoms with Crippen molar-refractivity contribution in [1.82, 2.24) is 14.9 Å². The van der Waals surface area contributed by atoms with Gasteiger partial charge in [0.05, 0.1) is 24.5 Å². The lowest BCUT2D eigenvalue weighted by molar-refractivity contribution is 0.0337. The molecule has 1 atom stereocenters. The highest BCUT2D eigenvalue weighted by atomic mass is 32.1. The van der Waals surface area contributed by atoms with Gasteiger partial charge >= 0.3 is 0 Å². The summed E-state index contributed by atoms with van der Waals surface area (Å²) in [5, 5.41) is 5.41. The number of morpholine rings is 1. The number of pyridine rings is 1. The van der Waals surface area contributed by atoms with E-state index in [1.54, 1.807) is 12.1 Å². The monoisotopic (exact) mass is 424 g/mol. The minimum atomic E-state index is -0.238. The second-order valence-electron chi connectivity index (χ2n) is 7.04. The van der Waals surface area contributed by atoms with E-state index in [9.17, 15) is 4.79 Å². The first-order valence-corrected chi connectivity index (χ1v) is 10.8. The normalized spacial score (nSPS) is 15.5. The minimum Gasteiger partial charge on any atom is -0.470 e. The Bertz CT molecular complexity index is 956. The van der Waals surface area contributed by atoms with E-state index in [1.807, 2.05) is 42.6 Å². The van der Waals surface area contributed by atoms with E-state index in [0.29, 0.717) is 16.6 Å². The number of thiazole rings is 1. The molecule has 4 rings (SSSR count). The number of carbonyl (C=O) groups excluding carboxylic acids is 1. The summed E-state index contributed by atoms with van der Waals surface area (Å²) in [4.78, 5) is 23.6. The van der Waals surface area contributed by atoms with Crippen LogP contribution in [-0.4, -0.2) is 47.1 Å². The van der Waals surface area contributed by atoms with Gasteiger partial charge in [0.1, 0.15) is 6.10 Å². The molecule has 1 amide bonds. The molecule has 0 bridgehead atoms. The first-order chi connectivity index (χ1) is 14.7. The smallest absolute Gasteiger partial charge is 0.259 e. The predicted molar refractivity (Wildman–Crippen MR) is 116 cm³/mol. The minimum absolute atomic E-state index is 0.126. The molecule has 8 heteroatoms.